The average molecular weight is 299 g/mol. The van der Waals surface area contributed by atoms with Crippen molar-refractivity contribution >= 4 is 34.8 Å². The smallest absolute Gasteiger partial charge is 0.145 e. The van der Waals surface area contributed by atoms with Gasteiger partial charge < -0.3 is 4.74 Å². The maximum Gasteiger partial charge on any atom is 0.145 e. The fraction of sp³-hybridized carbons (Fsp3) is 0. The van der Waals surface area contributed by atoms with E-state index in [1.165, 1.54) is 6.07 Å². The first kappa shape index (κ1) is 13.0. The van der Waals surface area contributed by atoms with Crippen molar-refractivity contribution in [3.05, 3.63) is 57.0 Å². The molecular formula is C13H6Cl3NO. The van der Waals surface area contributed by atoms with Crippen molar-refractivity contribution in [2.45, 2.75) is 0 Å². The van der Waals surface area contributed by atoms with Gasteiger partial charge in [-0.3, -0.25) is 0 Å². The summed E-state index contributed by atoms with van der Waals surface area (Å²) in [7, 11) is 0. The maximum atomic E-state index is 8.98. The van der Waals surface area contributed by atoms with Crippen LogP contribution in [0.3, 0.4) is 0 Å². The van der Waals surface area contributed by atoms with Crippen molar-refractivity contribution in [1.82, 2.24) is 0 Å². The van der Waals surface area contributed by atoms with E-state index in [0.717, 1.165) is 0 Å². The minimum Gasteiger partial charge on any atom is -0.456 e. The molecule has 0 aliphatic carbocycles. The van der Waals surface area contributed by atoms with E-state index in [-0.39, 0.29) is 0 Å². The molecule has 0 aromatic heterocycles. The van der Waals surface area contributed by atoms with Crippen LogP contribution in [0.2, 0.25) is 15.1 Å². The second-order valence-corrected chi connectivity index (χ2v) is 4.68. The second-order valence-electron chi connectivity index (χ2n) is 3.43. The molecule has 5 heteroatoms. The summed E-state index contributed by atoms with van der Waals surface area (Å²) in [6, 6.07) is 11.7. The molecule has 18 heavy (non-hydrogen) atoms. The third-order valence-electron chi connectivity index (χ3n) is 2.18. The van der Waals surface area contributed by atoms with Crippen molar-refractivity contribution < 1.29 is 4.74 Å². The molecule has 2 nitrogen and oxygen atoms in total. The first-order valence-electron chi connectivity index (χ1n) is 4.92. The molecule has 0 atom stereocenters. The van der Waals surface area contributed by atoms with E-state index < -0.39 is 0 Å². The summed E-state index contributed by atoms with van der Waals surface area (Å²) in [5.41, 5.74) is 0.355. The molecule has 0 N–H and O–H groups in total. The molecule has 0 bridgehead atoms. The molecule has 0 amide bonds. The first-order valence-corrected chi connectivity index (χ1v) is 6.06. The summed E-state index contributed by atoms with van der Waals surface area (Å²) in [4.78, 5) is 0. The minimum atomic E-state index is 0.355. The van der Waals surface area contributed by atoms with Crippen LogP contribution in [0.15, 0.2) is 36.4 Å². The van der Waals surface area contributed by atoms with E-state index in [1.54, 1.807) is 30.3 Å². The molecule has 0 heterocycles. The van der Waals surface area contributed by atoms with Crippen LogP contribution in [-0.2, 0) is 0 Å². The lowest BCUT2D eigenvalue weighted by atomic mass is 10.2. The molecule has 2 aromatic rings. The molecular weight excluding hydrogens is 293 g/mol. The molecule has 0 aliphatic rings. The summed E-state index contributed by atoms with van der Waals surface area (Å²) in [6.45, 7) is 0. The first-order chi connectivity index (χ1) is 8.60. The number of nitriles is 1. The third kappa shape index (κ3) is 2.88. The molecule has 0 fully saturated rings. The predicted molar refractivity (Wildman–Crippen MR) is 72.7 cm³/mol. The second kappa shape index (κ2) is 5.49. The van der Waals surface area contributed by atoms with E-state index in [1.807, 2.05) is 6.07 Å². The molecule has 2 rings (SSSR count). The lowest BCUT2D eigenvalue weighted by molar-refractivity contribution is 0.481. The number of ether oxygens (including phenoxy) is 1. The van der Waals surface area contributed by atoms with Gasteiger partial charge in [0.1, 0.15) is 17.6 Å². The van der Waals surface area contributed by atoms with Crippen molar-refractivity contribution in [3.63, 3.8) is 0 Å². The zero-order valence-corrected chi connectivity index (χ0v) is 11.2. The Hall–Kier alpha value is -1.40. The highest BCUT2D eigenvalue weighted by Gasteiger charge is 2.07. The summed E-state index contributed by atoms with van der Waals surface area (Å²) in [6.07, 6.45) is 0. The Morgan fingerprint density at radius 3 is 2.39 bits per heavy atom. The normalized spacial score (nSPS) is 9.89. The van der Waals surface area contributed by atoms with E-state index in [4.69, 9.17) is 44.8 Å². The lowest BCUT2D eigenvalue weighted by Crippen LogP contribution is -1.88. The molecule has 0 spiro atoms. The highest BCUT2D eigenvalue weighted by molar-refractivity contribution is 6.42. The van der Waals surface area contributed by atoms with Gasteiger partial charge in [-0.25, -0.2) is 0 Å². The fourth-order valence-corrected chi connectivity index (χ4v) is 1.81. The molecule has 0 radical (unpaired) electrons. The maximum absolute atomic E-state index is 8.98. The van der Waals surface area contributed by atoms with Crippen LogP contribution < -0.4 is 4.74 Å². The van der Waals surface area contributed by atoms with Crippen LogP contribution in [0, 0.1) is 11.3 Å². The zero-order valence-electron chi connectivity index (χ0n) is 8.95. The van der Waals surface area contributed by atoms with Crippen LogP contribution in [-0.4, -0.2) is 0 Å². The third-order valence-corrected chi connectivity index (χ3v) is 3.16. The topological polar surface area (TPSA) is 33.0 Å². The molecule has 0 unspecified atom stereocenters. The van der Waals surface area contributed by atoms with Crippen LogP contribution in [0.5, 0.6) is 11.5 Å². The van der Waals surface area contributed by atoms with Gasteiger partial charge >= 0.3 is 0 Å². The molecule has 2 aromatic carbocycles. The van der Waals surface area contributed by atoms with Gasteiger partial charge in [-0.05, 0) is 30.3 Å². The Balaban J connectivity index is 2.34. The average Bonchev–Trinajstić information content (AvgIpc) is 2.36. The summed E-state index contributed by atoms with van der Waals surface area (Å²) < 4.78 is 5.57. The standard InChI is InChI=1S/C13H6Cl3NO/c14-9-1-4-13(8(5-9)7-17)18-10-2-3-11(15)12(16)6-10/h1-6H. The van der Waals surface area contributed by atoms with Crippen molar-refractivity contribution in [3.8, 4) is 17.6 Å². The molecule has 90 valence electrons. The van der Waals surface area contributed by atoms with E-state index in [9.17, 15) is 0 Å². The Bertz CT molecular complexity index is 635. The van der Waals surface area contributed by atoms with Crippen LogP contribution >= 0.6 is 34.8 Å². The van der Waals surface area contributed by atoms with Gasteiger partial charge in [0.25, 0.3) is 0 Å². The van der Waals surface area contributed by atoms with Gasteiger partial charge in [0.05, 0.1) is 15.6 Å². The molecule has 0 aliphatic heterocycles. The Labute approximate surface area is 119 Å². The van der Waals surface area contributed by atoms with E-state index >= 15 is 0 Å². The van der Waals surface area contributed by atoms with Crippen molar-refractivity contribution in [2.75, 3.05) is 0 Å². The van der Waals surface area contributed by atoms with Crippen LogP contribution in [0.25, 0.3) is 0 Å². The zero-order chi connectivity index (χ0) is 13.1. The van der Waals surface area contributed by atoms with Gasteiger partial charge in [-0.15, -0.1) is 0 Å². The number of hydrogen-bond donors (Lipinski definition) is 0. The summed E-state index contributed by atoms with van der Waals surface area (Å²) in [5.74, 6) is 0.920. The van der Waals surface area contributed by atoms with E-state index in [2.05, 4.69) is 0 Å². The summed E-state index contributed by atoms with van der Waals surface area (Å²) >= 11 is 17.5. The number of rotatable bonds is 2. The quantitative estimate of drug-likeness (QED) is 0.752. The largest absolute Gasteiger partial charge is 0.456 e. The highest BCUT2D eigenvalue weighted by Crippen LogP contribution is 2.31. The van der Waals surface area contributed by atoms with Gasteiger partial charge in [-0.2, -0.15) is 5.26 Å². The molecule has 0 saturated carbocycles. The predicted octanol–water partition coefficient (Wildman–Crippen LogP) is 5.31. The fourth-order valence-electron chi connectivity index (χ4n) is 1.35. The minimum absolute atomic E-state index is 0.355. The lowest BCUT2D eigenvalue weighted by Gasteiger charge is -2.08. The van der Waals surface area contributed by atoms with Crippen molar-refractivity contribution in [2.24, 2.45) is 0 Å². The Morgan fingerprint density at radius 1 is 0.944 bits per heavy atom. The van der Waals surface area contributed by atoms with Crippen LogP contribution in [0.4, 0.5) is 0 Å². The van der Waals surface area contributed by atoms with Crippen molar-refractivity contribution in [1.29, 1.82) is 5.26 Å². The number of nitrogens with zero attached hydrogens (tertiary/aromatic N) is 1. The highest BCUT2D eigenvalue weighted by atomic mass is 35.5. The molecule has 0 saturated heterocycles. The number of halogens is 3. The van der Waals surface area contributed by atoms with Gasteiger partial charge in [0.2, 0.25) is 0 Å². The van der Waals surface area contributed by atoms with Gasteiger partial charge in [0.15, 0.2) is 0 Å². The van der Waals surface area contributed by atoms with Crippen LogP contribution in [0.1, 0.15) is 5.56 Å². The Kier molecular flexibility index (Phi) is 3.98. The van der Waals surface area contributed by atoms with Gasteiger partial charge in [-0.1, -0.05) is 34.8 Å². The summed E-state index contributed by atoms with van der Waals surface area (Å²) in [5, 5.41) is 10.3. The van der Waals surface area contributed by atoms with Gasteiger partial charge in [0, 0.05) is 11.1 Å². The monoisotopic (exact) mass is 297 g/mol. The SMILES string of the molecule is N#Cc1cc(Cl)ccc1Oc1ccc(Cl)c(Cl)c1. The Morgan fingerprint density at radius 2 is 1.72 bits per heavy atom. The number of benzene rings is 2. The van der Waals surface area contributed by atoms with E-state index in [0.29, 0.717) is 32.1 Å². The number of hydrogen-bond acceptors (Lipinski definition) is 2.